The van der Waals surface area contributed by atoms with Gasteiger partial charge in [-0.05, 0) is 37.6 Å². The molecule has 0 radical (unpaired) electrons. The minimum absolute atomic E-state index is 0.252. The van der Waals surface area contributed by atoms with E-state index in [1.807, 2.05) is 31.2 Å². The zero-order chi connectivity index (χ0) is 16.9. The molecule has 4 nitrogen and oxygen atoms in total. The van der Waals surface area contributed by atoms with Gasteiger partial charge in [-0.15, -0.1) is 0 Å². The van der Waals surface area contributed by atoms with Gasteiger partial charge in [0.25, 0.3) is 0 Å². The Bertz CT molecular complexity index is 741. The predicted octanol–water partition coefficient (Wildman–Crippen LogP) is 3.48. The molecular formula is C20H25N2O2+. The normalized spacial score (nSPS) is 13.8. The average Bonchev–Trinajstić information content (AvgIpc) is 3.07. The Morgan fingerprint density at radius 3 is 2.71 bits per heavy atom. The summed E-state index contributed by atoms with van der Waals surface area (Å²) in [7, 11) is 0. The van der Waals surface area contributed by atoms with Crippen LogP contribution in [0, 0.1) is 0 Å². The maximum Gasteiger partial charge on any atom is 0.338 e. The molecule has 3 rings (SSSR count). The van der Waals surface area contributed by atoms with Crippen molar-refractivity contribution >= 4 is 11.7 Å². The Hall–Kier alpha value is -2.36. The molecule has 0 atom stereocenters. The molecule has 0 saturated heterocycles. The lowest BCUT2D eigenvalue weighted by molar-refractivity contribution is -0.548. The van der Waals surface area contributed by atoms with Crippen LogP contribution < -0.4 is 0 Å². The lowest BCUT2D eigenvalue weighted by Gasteiger charge is -2.18. The lowest BCUT2D eigenvalue weighted by atomic mass is 10.1. The topological polar surface area (TPSA) is 34.2 Å². The van der Waals surface area contributed by atoms with Crippen molar-refractivity contribution in [3.63, 3.8) is 0 Å². The van der Waals surface area contributed by atoms with Crippen LogP contribution in [0.4, 0.5) is 0 Å². The summed E-state index contributed by atoms with van der Waals surface area (Å²) in [5.41, 5.74) is 4.59. The number of esters is 1. The molecule has 0 aliphatic carbocycles. The third kappa shape index (κ3) is 3.42. The first-order valence-electron chi connectivity index (χ1n) is 8.75. The van der Waals surface area contributed by atoms with Crippen LogP contribution in [0.1, 0.15) is 48.3 Å². The number of aromatic nitrogens is 1. The van der Waals surface area contributed by atoms with Crippen LogP contribution in [0.5, 0.6) is 0 Å². The largest absolute Gasteiger partial charge is 0.462 e. The van der Waals surface area contributed by atoms with Crippen molar-refractivity contribution in [2.24, 2.45) is 0 Å². The molecule has 0 unspecified atom stereocenters. The minimum atomic E-state index is -0.252. The second-order valence-electron chi connectivity index (χ2n) is 6.12. The minimum Gasteiger partial charge on any atom is -0.462 e. The number of fused-ring (bicyclic) bond motifs is 1. The van der Waals surface area contributed by atoms with Crippen molar-refractivity contribution in [1.82, 2.24) is 4.57 Å². The third-order valence-corrected chi connectivity index (χ3v) is 4.44. The van der Waals surface area contributed by atoms with Crippen molar-refractivity contribution in [3.8, 4) is 0 Å². The van der Waals surface area contributed by atoms with Gasteiger partial charge in [-0.3, -0.25) is 0 Å². The van der Waals surface area contributed by atoms with Crippen LogP contribution in [0.3, 0.4) is 0 Å². The highest BCUT2D eigenvalue weighted by Crippen LogP contribution is 2.16. The maximum atomic E-state index is 11.8. The van der Waals surface area contributed by atoms with Gasteiger partial charge in [-0.2, -0.15) is 0 Å². The molecule has 1 aliphatic heterocycles. The molecule has 0 bridgehead atoms. The van der Waals surface area contributed by atoms with E-state index in [9.17, 15) is 4.79 Å². The summed E-state index contributed by atoms with van der Waals surface area (Å²) < 4.78 is 9.85. The summed E-state index contributed by atoms with van der Waals surface area (Å²) in [5.74, 6) is -0.252. The van der Waals surface area contributed by atoms with Crippen LogP contribution >= 0.6 is 0 Å². The zero-order valence-corrected chi connectivity index (χ0v) is 14.5. The van der Waals surface area contributed by atoms with Crippen LogP contribution in [-0.4, -0.2) is 34.0 Å². The Balaban J connectivity index is 1.81. The first kappa shape index (κ1) is 16.5. The van der Waals surface area contributed by atoms with Gasteiger partial charge in [0, 0.05) is 18.2 Å². The fraction of sp³-hybridized carbons (Fsp3) is 0.400. The van der Waals surface area contributed by atoms with E-state index in [4.69, 9.17) is 4.74 Å². The van der Waals surface area contributed by atoms with Gasteiger partial charge in [0.2, 0.25) is 0 Å². The molecule has 126 valence electrons. The van der Waals surface area contributed by atoms with Gasteiger partial charge in [-0.25, -0.2) is 9.37 Å². The van der Waals surface area contributed by atoms with E-state index in [2.05, 4.69) is 34.4 Å². The zero-order valence-electron chi connectivity index (χ0n) is 14.5. The molecular weight excluding hydrogens is 300 g/mol. The molecule has 0 spiro atoms. The maximum absolute atomic E-state index is 11.8. The molecule has 1 aliphatic rings. The molecule has 1 aromatic heterocycles. The third-order valence-electron chi connectivity index (χ3n) is 4.44. The second-order valence-corrected chi connectivity index (χ2v) is 6.12. The fourth-order valence-corrected chi connectivity index (χ4v) is 3.27. The van der Waals surface area contributed by atoms with Gasteiger partial charge in [0.05, 0.1) is 18.7 Å². The van der Waals surface area contributed by atoms with Gasteiger partial charge < -0.3 is 9.30 Å². The molecule has 0 fully saturated rings. The highest BCUT2D eigenvalue weighted by molar-refractivity contribution is 5.95. The summed E-state index contributed by atoms with van der Waals surface area (Å²) in [6, 6.07) is 12.1. The number of benzene rings is 1. The summed E-state index contributed by atoms with van der Waals surface area (Å²) >= 11 is 0. The Morgan fingerprint density at radius 2 is 2.00 bits per heavy atom. The van der Waals surface area contributed by atoms with Crippen LogP contribution in [-0.2, 0) is 17.8 Å². The molecule has 2 aromatic rings. The quantitative estimate of drug-likeness (QED) is 0.602. The van der Waals surface area contributed by atoms with E-state index in [1.54, 1.807) is 0 Å². The number of hydrogen-bond acceptors (Lipinski definition) is 2. The van der Waals surface area contributed by atoms with E-state index < -0.39 is 0 Å². The summed E-state index contributed by atoms with van der Waals surface area (Å²) in [6.07, 6.45) is 4.39. The predicted molar refractivity (Wildman–Crippen MR) is 94.7 cm³/mol. The Morgan fingerprint density at radius 1 is 1.21 bits per heavy atom. The molecule has 0 saturated carbocycles. The Kier molecular flexibility index (Phi) is 5.14. The molecule has 1 aromatic carbocycles. The van der Waals surface area contributed by atoms with Crippen molar-refractivity contribution < 1.29 is 14.1 Å². The van der Waals surface area contributed by atoms with E-state index in [-0.39, 0.29) is 5.97 Å². The van der Waals surface area contributed by atoms with Gasteiger partial charge in [0.15, 0.2) is 18.8 Å². The van der Waals surface area contributed by atoms with Crippen molar-refractivity contribution in [1.29, 1.82) is 0 Å². The SMILES string of the molecule is CCCC1=[N+](Cc2ccc(C(=O)OCC)cc2)CCn2cccc21. The number of rotatable bonds is 6. The van der Waals surface area contributed by atoms with Crippen LogP contribution in [0.25, 0.3) is 0 Å². The second kappa shape index (κ2) is 7.47. The Labute approximate surface area is 143 Å². The van der Waals surface area contributed by atoms with E-state index in [1.165, 1.54) is 17.0 Å². The number of carbonyl (C=O) groups excluding carboxylic acids is 1. The average molecular weight is 325 g/mol. The molecule has 0 amide bonds. The van der Waals surface area contributed by atoms with Crippen LogP contribution in [0.2, 0.25) is 0 Å². The first-order valence-corrected chi connectivity index (χ1v) is 8.75. The standard InChI is InChI=1S/C20H25N2O2/c1-3-6-18-19-7-5-12-21(19)13-14-22(18)15-16-8-10-17(11-9-16)20(23)24-4-2/h5,7-12H,3-4,6,13-15H2,1-2H3/q+1. The van der Waals surface area contributed by atoms with Crippen molar-refractivity contribution in [3.05, 3.63) is 59.4 Å². The van der Waals surface area contributed by atoms with E-state index in [0.717, 1.165) is 32.5 Å². The number of ether oxygens (including phenoxy) is 1. The number of nitrogens with zero attached hydrogens (tertiary/aromatic N) is 2. The molecule has 2 heterocycles. The van der Waals surface area contributed by atoms with E-state index >= 15 is 0 Å². The smallest absolute Gasteiger partial charge is 0.338 e. The van der Waals surface area contributed by atoms with Crippen molar-refractivity contribution in [2.45, 2.75) is 39.8 Å². The molecule has 4 heteroatoms. The molecule has 24 heavy (non-hydrogen) atoms. The summed E-state index contributed by atoms with van der Waals surface area (Å²) in [6.45, 7) is 7.38. The summed E-state index contributed by atoms with van der Waals surface area (Å²) in [5, 5.41) is 0. The van der Waals surface area contributed by atoms with E-state index in [0.29, 0.717) is 12.2 Å². The van der Waals surface area contributed by atoms with Gasteiger partial charge in [-0.1, -0.05) is 19.1 Å². The van der Waals surface area contributed by atoms with Gasteiger partial charge >= 0.3 is 5.97 Å². The number of carbonyl (C=O) groups is 1. The monoisotopic (exact) mass is 325 g/mol. The van der Waals surface area contributed by atoms with Gasteiger partial charge in [0.1, 0.15) is 5.69 Å². The molecule has 0 N–H and O–H groups in total. The van der Waals surface area contributed by atoms with Crippen LogP contribution in [0.15, 0.2) is 42.6 Å². The summed E-state index contributed by atoms with van der Waals surface area (Å²) in [4.78, 5) is 11.8. The fourth-order valence-electron chi connectivity index (χ4n) is 3.27. The highest BCUT2D eigenvalue weighted by Gasteiger charge is 2.24. The van der Waals surface area contributed by atoms with Crippen molar-refractivity contribution in [2.75, 3.05) is 13.2 Å². The lowest BCUT2D eigenvalue weighted by Crippen LogP contribution is -2.32. The number of hydrogen-bond donors (Lipinski definition) is 0. The highest BCUT2D eigenvalue weighted by atomic mass is 16.5. The first-order chi connectivity index (χ1) is 11.7.